The smallest absolute Gasteiger partial charge is 0.355 e. The lowest BCUT2D eigenvalue weighted by molar-refractivity contribution is 0.0490. The third kappa shape index (κ3) is 4.85. The molecule has 0 aliphatic heterocycles. The van der Waals surface area contributed by atoms with E-state index in [1.807, 2.05) is 6.92 Å². The van der Waals surface area contributed by atoms with E-state index >= 15 is 0 Å². The lowest BCUT2D eigenvalue weighted by Crippen LogP contribution is -2.19. The highest BCUT2D eigenvalue weighted by atomic mass is 16.5. The predicted octanol–water partition coefficient (Wildman–Crippen LogP) is 6.27. The molecule has 3 rings (SSSR count). The fourth-order valence-corrected chi connectivity index (χ4v) is 4.29. The number of aromatic nitrogens is 1. The van der Waals surface area contributed by atoms with E-state index in [2.05, 4.69) is 56.9 Å². The van der Waals surface area contributed by atoms with Crippen LogP contribution in [0.5, 0.6) is 0 Å². The van der Waals surface area contributed by atoms with Gasteiger partial charge >= 0.3 is 5.97 Å². The Labute approximate surface area is 180 Å². The molecule has 0 radical (unpaired) electrons. The molecule has 1 aliphatic carbocycles. The Morgan fingerprint density at radius 2 is 1.80 bits per heavy atom. The molecule has 1 aromatic heterocycles. The molecule has 1 aromatic carbocycles. The van der Waals surface area contributed by atoms with Crippen molar-refractivity contribution in [2.45, 2.75) is 84.5 Å². The molecular weight excluding hydrogens is 374 g/mol. The summed E-state index contributed by atoms with van der Waals surface area (Å²) in [5, 5.41) is 0. The summed E-state index contributed by atoms with van der Waals surface area (Å²) in [5.41, 5.74) is 5.30. The average molecular weight is 410 g/mol. The van der Waals surface area contributed by atoms with E-state index in [1.54, 1.807) is 0 Å². The number of benzene rings is 1. The second-order valence-electron chi connectivity index (χ2n) is 9.58. The van der Waals surface area contributed by atoms with Crippen molar-refractivity contribution in [2.24, 2.45) is 0 Å². The molecular formula is C26H35NO3. The van der Waals surface area contributed by atoms with Crippen LogP contribution in [0.3, 0.4) is 0 Å². The van der Waals surface area contributed by atoms with Crippen molar-refractivity contribution in [3.63, 3.8) is 0 Å². The van der Waals surface area contributed by atoms with Gasteiger partial charge in [0.2, 0.25) is 0 Å². The first-order chi connectivity index (χ1) is 14.2. The summed E-state index contributed by atoms with van der Waals surface area (Å²) >= 11 is 0. The quantitative estimate of drug-likeness (QED) is 0.433. The molecule has 0 saturated carbocycles. The molecule has 0 saturated heterocycles. The summed E-state index contributed by atoms with van der Waals surface area (Å²) < 4.78 is 5.44. The van der Waals surface area contributed by atoms with Gasteiger partial charge in [-0.05, 0) is 47.8 Å². The van der Waals surface area contributed by atoms with Gasteiger partial charge in [-0.15, -0.1) is 0 Å². The number of H-pyrrole nitrogens is 1. The third-order valence-electron chi connectivity index (χ3n) is 6.17. The average Bonchev–Trinajstić information content (AvgIpc) is 3.04. The zero-order valence-electron chi connectivity index (χ0n) is 19.1. The van der Waals surface area contributed by atoms with Crippen LogP contribution in [0.2, 0.25) is 0 Å². The molecule has 4 heteroatoms. The number of hydrogen-bond donors (Lipinski definition) is 1. The summed E-state index contributed by atoms with van der Waals surface area (Å²) in [6, 6.07) is 8.61. The van der Waals surface area contributed by atoms with Crippen LogP contribution in [-0.4, -0.2) is 23.3 Å². The summed E-state index contributed by atoms with van der Waals surface area (Å²) in [4.78, 5) is 28.7. The molecule has 1 N–H and O–H groups in total. The number of aromatic amines is 1. The number of Topliss-reactive ketones (excluding diaryl/α,β-unsaturated/α-hetero) is 1. The number of unbranched alkanes of at least 4 members (excludes halogenated alkanes) is 3. The van der Waals surface area contributed by atoms with Crippen molar-refractivity contribution in [3.8, 4) is 0 Å². The lowest BCUT2D eigenvalue weighted by atomic mass is 9.80. The van der Waals surface area contributed by atoms with E-state index in [-0.39, 0.29) is 23.1 Å². The maximum Gasteiger partial charge on any atom is 0.355 e. The highest BCUT2D eigenvalue weighted by Gasteiger charge is 2.32. The monoisotopic (exact) mass is 409 g/mol. The Balaban J connectivity index is 1.73. The molecule has 1 atom stereocenters. The maximum absolute atomic E-state index is 12.9. The molecule has 0 amide bonds. The highest BCUT2D eigenvalue weighted by molar-refractivity contribution is 6.03. The fraction of sp³-hybridized carbons (Fsp3) is 0.538. The normalized spacial score (nSPS) is 16.4. The molecule has 30 heavy (non-hydrogen) atoms. The number of esters is 1. The lowest BCUT2D eigenvalue weighted by Gasteiger charge is -2.24. The number of hydrogen-bond acceptors (Lipinski definition) is 3. The van der Waals surface area contributed by atoms with E-state index in [4.69, 9.17) is 4.74 Å². The van der Waals surface area contributed by atoms with Crippen molar-refractivity contribution < 1.29 is 14.3 Å². The Morgan fingerprint density at radius 3 is 2.43 bits per heavy atom. The van der Waals surface area contributed by atoms with Crippen LogP contribution in [0.15, 0.2) is 24.3 Å². The topological polar surface area (TPSA) is 59.2 Å². The highest BCUT2D eigenvalue weighted by Crippen LogP contribution is 2.36. The van der Waals surface area contributed by atoms with Gasteiger partial charge in [-0.2, -0.15) is 0 Å². The molecule has 2 aromatic rings. The van der Waals surface area contributed by atoms with Crippen molar-refractivity contribution in [1.82, 2.24) is 4.98 Å². The van der Waals surface area contributed by atoms with Crippen LogP contribution in [-0.2, 0) is 16.6 Å². The number of carbonyl (C=O) groups is 2. The number of nitrogens with one attached hydrogen (secondary N) is 1. The van der Waals surface area contributed by atoms with Gasteiger partial charge in [0, 0.05) is 17.7 Å². The van der Waals surface area contributed by atoms with Crippen LogP contribution in [0.25, 0.3) is 0 Å². The minimum Gasteiger partial charge on any atom is -0.461 e. The Bertz CT molecular complexity index is 900. The first-order valence-corrected chi connectivity index (χ1v) is 11.2. The molecule has 0 fully saturated rings. The molecule has 4 nitrogen and oxygen atoms in total. The van der Waals surface area contributed by atoms with Crippen LogP contribution in [0.1, 0.15) is 109 Å². The number of fused-ring (bicyclic) bond motifs is 1. The van der Waals surface area contributed by atoms with Gasteiger partial charge in [-0.25, -0.2) is 4.79 Å². The number of ether oxygens (including phenoxy) is 1. The van der Waals surface area contributed by atoms with E-state index in [9.17, 15) is 9.59 Å². The van der Waals surface area contributed by atoms with Crippen LogP contribution >= 0.6 is 0 Å². The molecule has 0 bridgehead atoms. The Kier molecular flexibility index (Phi) is 6.84. The van der Waals surface area contributed by atoms with Gasteiger partial charge in [0.15, 0.2) is 5.78 Å². The Hall–Kier alpha value is -2.36. The molecule has 1 aliphatic rings. The van der Waals surface area contributed by atoms with Crippen LogP contribution in [0.4, 0.5) is 0 Å². The molecule has 1 unspecified atom stereocenters. The second-order valence-corrected chi connectivity index (χ2v) is 9.58. The van der Waals surface area contributed by atoms with Crippen LogP contribution < -0.4 is 0 Å². The number of carbonyl (C=O) groups excluding carboxylic acids is 2. The van der Waals surface area contributed by atoms with Gasteiger partial charge in [0.25, 0.3) is 0 Å². The zero-order valence-corrected chi connectivity index (χ0v) is 19.1. The van der Waals surface area contributed by atoms with Crippen molar-refractivity contribution in [1.29, 1.82) is 0 Å². The summed E-state index contributed by atoms with van der Waals surface area (Å²) in [5.74, 6) is -0.107. The maximum atomic E-state index is 12.9. The van der Waals surface area contributed by atoms with Crippen LogP contribution in [0, 0.1) is 6.92 Å². The summed E-state index contributed by atoms with van der Waals surface area (Å²) in [6.45, 7) is 11.0. The number of ketones is 1. The van der Waals surface area contributed by atoms with Gasteiger partial charge in [-0.1, -0.05) is 71.2 Å². The Morgan fingerprint density at radius 1 is 1.10 bits per heavy atom. The molecule has 162 valence electrons. The summed E-state index contributed by atoms with van der Waals surface area (Å²) in [6.07, 6.45) is 5.47. The summed E-state index contributed by atoms with van der Waals surface area (Å²) in [7, 11) is 0. The zero-order chi connectivity index (χ0) is 21.9. The van der Waals surface area contributed by atoms with E-state index in [0.29, 0.717) is 24.3 Å². The molecule has 1 heterocycles. The van der Waals surface area contributed by atoms with Gasteiger partial charge in [0.1, 0.15) is 5.69 Å². The van der Waals surface area contributed by atoms with Crippen molar-refractivity contribution >= 4 is 11.8 Å². The minimum absolute atomic E-state index is 0.108. The van der Waals surface area contributed by atoms with E-state index < -0.39 is 0 Å². The first kappa shape index (κ1) is 22.3. The minimum atomic E-state index is -0.350. The second kappa shape index (κ2) is 9.20. The fourth-order valence-electron chi connectivity index (χ4n) is 4.29. The van der Waals surface area contributed by atoms with E-state index in [0.717, 1.165) is 43.4 Å². The van der Waals surface area contributed by atoms with E-state index in [1.165, 1.54) is 11.1 Å². The number of rotatable bonds is 7. The SMILES string of the molecule is CCCCCCOC(=O)c1[nH]c2c(c1C)C(=O)CC(c1ccc(C(C)(C)C)cc1)C2. The first-order valence-electron chi connectivity index (χ1n) is 11.2. The molecule has 0 spiro atoms. The van der Waals surface area contributed by atoms with Gasteiger partial charge < -0.3 is 9.72 Å². The largest absolute Gasteiger partial charge is 0.461 e. The standard InChI is InChI=1S/C26H35NO3/c1-6-7-8-9-14-30-25(29)24-17(2)23-21(27-24)15-19(16-22(23)28)18-10-12-20(13-11-18)26(3,4)5/h10-13,19,27H,6-9,14-16H2,1-5H3. The van der Waals surface area contributed by atoms with Gasteiger partial charge in [-0.3, -0.25) is 4.79 Å². The van der Waals surface area contributed by atoms with Gasteiger partial charge in [0.05, 0.1) is 6.61 Å². The predicted molar refractivity (Wildman–Crippen MR) is 120 cm³/mol. The third-order valence-corrected chi connectivity index (χ3v) is 6.17. The van der Waals surface area contributed by atoms with Crippen molar-refractivity contribution in [3.05, 3.63) is 57.9 Å². The van der Waals surface area contributed by atoms with Crippen molar-refractivity contribution in [2.75, 3.05) is 6.61 Å².